The molecule has 0 aliphatic rings. The van der Waals surface area contributed by atoms with Gasteiger partial charge in [0.25, 0.3) is 5.56 Å². The first-order chi connectivity index (χ1) is 15.2. The van der Waals surface area contributed by atoms with Crippen molar-refractivity contribution in [2.75, 3.05) is 0 Å². The van der Waals surface area contributed by atoms with Crippen molar-refractivity contribution in [3.8, 4) is 5.69 Å². The first kappa shape index (κ1) is 19.5. The highest BCUT2D eigenvalue weighted by molar-refractivity contribution is 7.11. The number of aromatic nitrogens is 4. The van der Waals surface area contributed by atoms with Crippen LogP contribution in [0.5, 0.6) is 0 Å². The Balaban J connectivity index is 1.49. The van der Waals surface area contributed by atoms with Crippen LogP contribution < -0.4 is 5.56 Å². The van der Waals surface area contributed by atoms with Gasteiger partial charge < -0.3 is 9.40 Å². The average molecular weight is 432 g/mol. The Labute approximate surface area is 182 Å². The number of nitrogens with zero attached hydrogens (tertiary/aromatic N) is 4. The molecule has 1 N–H and O–H groups in total. The summed E-state index contributed by atoms with van der Waals surface area (Å²) in [6.07, 6.45) is 3.24. The monoisotopic (exact) mass is 431 g/mol. The van der Waals surface area contributed by atoms with Gasteiger partial charge in [0.2, 0.25) is 0 Å². The predicted octanol–water partition coefficient (Wildman–Crippen LogP) is 4.27. The molecule has 0 aliphatic carbocycles. The molecule has 156 valence electrons. The van der Waals surface area contributed by atoms with Crippen LogP contribution in [-0.4, -0.2) is 24.6 Å². The maximum atomic E-state index is 12.7. The molecule has 0 saturated heterocycles. The first-order valence-corrected chi connectivity index (χ1v) is 10.8. The van der Waals surface area contributed by atoms with E-state index in [1.807, 2.05) is 42.5 Å². The molecule has 0 aliphatic heterocycles. The zero-order valence-corrected chi connectivity index (χ0v) is 17.8. The predicted molar refractivity (Wildman–Crippen MR) is 120 cm³/mol. The van der Waals surface area contributed by atoms with E-state index in [4.69, 9.17) is 9.40 Å². The molecular weight excluding hydrogens is 410 g/mol. The number of thiophene rings is 1. The summed E-state index contributed by atoms with van der Waals surface area (Å²) in [5.74, 6) is 1.46. The number of hydrogen-bond acceptors (Lipinski definition) is 6. The number of fused-ring (bicyclic) bond motifs is 1. The van der Waals surface area contributed by atoms with Crippen molar-refractivity contribution in [1.82, 2.24) is 24.6 Å². The fraction of sp³-hybridized carbons (Fsp3) is 0.174. The minimum absolute atomic E-state index is 0.188. The Morgan fingerprint density at radius 3 is 2.68 bits per heavy atom. The van der Waals surface area contributed by atoms with Crippen LogP contribution in [0, 0.1) is 6.92 Å². The number of hydrogen-bond donors (Lipinski definition) is 1. The molecule has 0 atom stereocenters. The van der Waals surface area contributed by atoms with Gasteiger partial charge in [-0.05, 0) is 43.3 Å². The van der Waals surface area contributed by atoms with Gasteiger partial charge in [-0.25, -0.2) is 9.67 Å². The van der Waals surface area contributed by atoms with Crippen molar-refractivity contribution in [1.29, 1.82) is 0 Å². The number of aryl methyl sites for hydroxylation is 1. The van der Waals surface area contributed by atoms with Crippen molar-refractivity contribution in [3.05, 3.63) is 98.8 Å². The molecule has 5 aromatic rings. The molecule has 0 amide bonds. The van der Waals surface area contributed by atoms with Crippen LogP contribution in [0.2, 0.25) is 0 Å². The molecule has 4 aromatic heterocycles. The minimum Gasteiger partial charge on any atom is -0.468 e. The van der Waals surface area contributed by atoms with E-state index in [0.29, 0.717) is 29.9 Å². The van der Waals surface area contributed by atoms with E-state index in [0.717, 1.165) is 18.0 Å². The van der Waals surface area contributed by atoms with Crippen LogP contribution in [0.15, 0.2) is 76.3 Å². The van der Waals surface area contributed by atoms with Crippen molar-refractivity contribution in [3.63, 3.8) is 0 Å². The normalized spacial score (nSPS) is 11.5. The van der Waals surface area contributed by atoms with E-state index in [2.05, 4.69) is 34.0 Å². The summed E-state index contributed by atoms with van der Waals surface area (Å²) in [6.45, 7) is 3.92. The van der Waals surface area contributed by atoms with Crippen LogP contribution in [0.4, 0.5) is 0 Å². The zero-order chi connectivity index (χ0) is 21.2. The highest BCUT2D eigenvalue weighted by atomic mass is 32.1. The van der Waals surface area contributed by atoms with Gasteiger partial charge in [0.05, 0.1) is 31.2 Å². The minimum atomic E-state index is -0.188. The molecule has 0 radical (unpaired) electrons. The van der Waals surface area contributed by atoms with Crippen molar-refractivity contribution in [2.24, 2.45) is 0 Å². The Hall–Kier alpha value is -3.49. The summed E-state index contributed by atoms with van der Waals surface area (Å²) in [5.41, 5.74) is 1.23. The molecule has 5 rings (SSSR count). The smallest absolute Gasteiger partial charge is 0.262 e. The van der Waals surface area contributed by atoms with Crippen LogP contribution in [0.25, 0.3) is 16.7 Å². The average Bonchev–Trinajstić information content (AvgIpc) is 3.50. The Morgan fingerprint density at radius 1 is 1.06 bits per heavy atom. The summed E-state index contributed by atoms with van der Waals surface area (Å²) in [5, 5.41) is 4.86. The molecule has 0 spiro atoms. The largest absolute Gasteiger partial charge is 0.468 e. The maximum Gasteiger partial charge on any atom is 0.262 e. The number of para-hydroxylation sites is 1. The van der Waals surface area contributed by atoms with Crippen LogP contribution in [0.3, 0.4) is 0 Å². The molecule has 0 fully saturated rings. The van der Waals surface area contributed by atoms with Gasteiger partial charge in [0.15, 0.2) is 5.65 Å². The summed E-state index contributed by atoms with van der Waals surface area (Å²) in [6, 6.07) is 17.8. The molecule has 0 bridgehead atoms. The van der Waals surface area contributed by atoms with E-state index in [1.165, 1.54) is 9.75 Å². The number of furan rings is 1. The zero-order valence-electron chi connectivity index (χ0n) is 17.0. The second-order valence-corrected chi connectivity index (χ2v) is 8.75. The fourth-order valence-corrected chi connectivity index (χ4v) is 4.52. The number of H-pyrrole nitrogens is 1. The highest BCUT2D eigenvalue weighted by Crippen LogP contribution is 2.20. The Bertz CT molecular complexity index is 1350. The van der Waals surface area contributed by atoms with E-state index in [1.54, 1.807) is 28.5 Å². The number of benzene rings is 1. The van der Waals surface area contributed by atoms with Crippen LogP contribution in [-0.2, 0) is 19.6 Å². The van der Waals surface area contributed by atoms with Gasteiger partial charge in [-0.1, -0.05) is 18.2 Å². The lowest BCUT2D eigenvalue weighted by Gasteiger charge is -2.20. The molecule has 31 heavy (non-hydrogen) atoms. The van der Waals surface area contributed by atoms with Gasteiger partial charge in [-0.3, -0.25) is 9.69 Å². The Kier molecular flexibility index (Phi) is 5.23. The summed E-state index contributed by atoms with van der Waals surface area (Å²) < 4.78 is 7.26. The Morgan fingerprint density at radius 2 is 1.94 bits per heavy atom. The third-order valence-corrected chi connectivity index (χ3v) is 5.98. The second-order valence-electron chi connectivity index (χ2n) is 7.38. The number of rotatable bonds is 7. The third kappa shape index (κ3) is 4.21. The number of nitrogens with one attached hydrogen (secondary N) is 1. The third-order valence-electron chi connectivity index (χ3n) is 5.00. The van der Waals surface area contributed by atoms with Gasteiger partial charge in [-0.15, -0.1) is 11.3 Å². The lowest BCUT2D eigenvalue weighted by molar-refractivity contribution is 0.223. The first-order valence-electron chi connectivity index (χ1n) is 9.98. The second kappa shape index (κ2) is 8.33. The van der Waals surface area contributed by atoms with Gasteiger partial charge in [0, 0.05) is 16.3 Å². The maximum absolute atomic E-state index is 12.7. The van der Waals surface area contributed by atoms with Crippen molar-refractivity contribution < 1.29 is 4.42 Å². The molecule has 7 nitrogen and oxygen atoms in total. The van der Waals surface area contributed by atoms with E-state index < -0.39 is 0 Å². The van der Waals surface area contributed by atoms with E-state index in [-0.39, 0.29) is 5.56 Å². The number of aromatic amines is 1. The molecule has 1 aromatic carbocycles. The molecule has 8 heteroatoms. The summed E-state index contributed by atoms with van der Waals surface area (Å²) in [4.78, 5) is 25.1. The fourth-order valence-electron chi connectivity index (χ4n) is 3.59. The SMILES string of the molecule is Cc1ccc(CN(Cc2nc3c(cnn3-c3ccccc3)c(=O)[nH]2)Cc2ccco2)s1. The summed E-state index contributed by atoms with van der Waals surface area (Å²) >= 11 is 1.77. The van der Waals surface area contributed by atoms with E-state index in [9.17, 15) is 4.79 Å². The molecular formula is C23H21N5O2S. The van der Waals surface area contributed by atoms with E-state index >= 15 is 0 Å². The van der Waals surface area contributed by atoms with Crippen molar-refractivity contribution >= 4 is 22.4 Å². The van der Waals surface area contributed by atoms with Gasteiger partial charge in [0.1, 0.15) is 17.0 Å². The lowest BCUT2D eigenvalue weighted by atomic mass is 10.3. The molecule has 0 unspecified atom stereocenters. The molecule has 4 heterocycles. The van der Waals surface area contributed by atoms with Crippen LogP contribution in [0.1, 0.15) is 21.3 Å². The molecule has 0 saturated carbocycles. The highest BCUT2D eigenvalue weighted by Gasteiger charge is 2.16. The lowest BCUT2D eigenvalue weighted by Crippen LogP contribution is -2.25. The van der Waals surface area contributed by atoms with Crippen molar-refractivity contribution in [2.45, 2.75) is 26.6 Å². The van der Waals surface area contributed by atoms with Gasteiger partial charge in [-0.2, -0.15) is 5.10 Å². The summed E-state index contributed by atoms with van der Waals surface area (Å²) in [7, 11) is 0. The quantitative estimate of drug-likeness (QED) is 0.416. The van der Waals surface area contributed by atoms with Crippen LogP contribution >= 0.6 is 11.3 Å². The standard InChI is InChI=1S/C23H21N5O2S/c1-16-9-10-19(31-16)14-27(13-18-8-5-11-30-18)15-21-25-22-20(23(29)26-21)12-24-28(22)17-6-3-2-4-7-17/h2-12H,13-15H2,1H3,(H,25,26,29). The van der Waals surface area contributed by atoms with Gasteiger partial charge >= 0.3 is 0 Å². The topological polar surface area (TPSA) is 80.0 Å².